The van der Waals surface area contributed by atoms with Gasteiger partial charge in [-0.05, 0) is 73.4 Å². The van der Waals surface area contributed by atoms with Crippen LogP contribution in [0.25, 0.3) is 16.5 Å². The highest BCUT2D eigenvalue weighted by Crippen LogP contribution is 2.44. The minimum atomic E-state index is -2.72. The zero-order valence-corrected chi connectivity index (χ0v) is 29.9. The van der Waals surface area contributed by atoms with Crippen LogP contribution < -0.4 is 31.3 Å². The van der Waals surface area contributed by atoms with Crippen LogP contribution in [0.3, 0.4) is 0 Å². The van der Waals surface area contributed by atoms with Crippen LogP contribution in [0, 0.1) is 0 Å². The van der Waals surface area contributed by atoms with Crippen LogP contribution in [0.2, 0.25) is 0 Å². The Balaban J connectivity index is 1.36. The molecule has 2 aliphatic rings. The topological polar surface area (TPSA) is 134 Å². The van der Waals surface area contributed by atoms with Crippen molar-refractivity contribution in [3.05, 3.63) is 64.5 Å². The second kappa shape index (κ2) is 13.6. The van der Waals surface area contributed by atoms with Gasteiger partial charge in [0, 0.05) is 97.0 Å². The van der Waals surface area contributed by atoms with Crippen molar-refractivity contribution in [3.8, 4) is 5.75 Å². The number of rotatable bonds is 10. The standard InChI is InChI=1S/C34H41BrN9O2P/c1-37-19-22(18-36)24-16-29(31(46-3)17-30(24)44-14-12-43(2)13-15-44)41-34-38-20-25(35)33(42-34)40-28-11-10-27-23(32(28)47(4,5)45)8-9-26(39-27)21-6-7-21/h8-11,16-21H,6-7,12-15,36H2,1-5H3,(H2,38,40,41,42). The first-order valence-electron chi connectivity index (χ1n) is 15.6. The van der Waals surface area contributed by atoms with E-state index in [0.29, 0.717) is 39.3 Å². The summed E-state index contributed by atoms with van der Waals surface area (Å²) in [5, 5.41) is 8.42. The number of hydrogen-bond donors (Lipinski definition) is 3. The van der Waals surface area contributed by atoms with Crippen LogP contribution in [-0.2, 0) is 4.57 Å². The second-order valence-corrected chi connectivity index (χ2v) is 16.4. The first kappa shape index (κ1) is 32.9. The molecular formula is C34H41BrN9O2P. The third-order valence-corrected chi connectivity index (χ3v) is 10.7. The van der Waals surface area contributed by atoms with Gasteiger partial charge in [-0.25, -0.2) is 4.98 Å². The van der Waals surface area contributed by atoms with Crippen molar-refractivity contribution in [1.82, 2.24) is 19.9 Å². The maximum absolute atomic E-state index is 13.7. The Morgan fingerprint density at radius 2 is 1.85 bits per heavy atom. The molecule has 0 radical (unpaired) electrons. The van der Waals surface area contributed by atoms with Gasteiger partial charge in [0.05, 0.1) is 28.5 Å². The second-order valence-electron chi connectivity index (χ2n) is 12.4. The number of likely N-dealkylation sites (N-methyl/N-ethyl adjacent to an activating group) is 1. The molecule has 1 aliphatic heterocycles. The predicted molar refractivity (Wildman–Crippen MR) is 198 cm³/mol. The fourth-order valence-electron chi connectivity index (χ4n) is 5.97. The molecule has 6 rings (SSSR count). The van der Waals surface area contributed by atoms with Gasteiger partial charge >= 0.3 is 0 Å². The summed E-state index contributed by atoms with van der Waals surface area (Å²) in [6.45, 7) is 7.23. The average Bonchev–Trinajstić information content (AvgIpc) is 3.90. The molecule has 1 saturated heterocycles. The number of aliphatic imine (C=N–C) groups is 1. The number of halogens is 1. The summed E-state index contributed by atoms with van der Waals surface area (Å²) >= 11 is 3.61. The molecule has 4 N–H and O–H groups in total. The van der Waals surface area contributed by atoms with Crippen LogP contribution in [0.15, 0.2) is 58.3 Å². The Morgan fingerprint density at radius 3 is 2.51 bits per heavy atom. The summed E-state index contributed by atoms with van der Waals surface area (Å²) in [5.74, 6) is 2.05. The molecule has 3 heterocycles. The molecule has 0 spiro atoms. The van der Waals surface area contributed by atoms with E-state index in [0.717, 1.165) is 64.9 Å². The fraction of sp³-hybridized carbons (Fsp3) is 0.353. The van der Waals surface area contributed by atoms with Gasteiger partial charge in [0.2, 0.25) is 5.95 Å². The number of piperazine rings is 1. The lowest BCUT2D eigenvalue weighted by molar-refractivity contribution is 0.312. The minimum Gasteiger partial charge on any atom is -0.494 e. The van der Waals surface area contributed by atoms with E-state index in [-0.39, 0.29) is 0 Å². The number of nitrogens with two attached hydrogens (primary N) is 1. The van der Waals surface area contributed by atoms with Crippen LogP contribution in [0.1, 0.15) is 30.0 Å². The third kappa shape index (κ3) is 7.15. The van der Waals surface area contributed by atoms with Crippen LogP contribution in [0.4, 0.5) is 28.8 Å². The number of nitrogens with one attached hydrogen (secondary N) is 2. The van der Waals surface area contributed by atoms with Crippen molar-refractivity contribution < 1.29 is 9.30 Å². The number of allylic oxidation sites excluding steroid dienone is 1. The van der Waals surface area contributed by atoms with Gasteiger partial charge in [0.15, 0.2) is 0 Å². The molecule has 2 aromatic heterocycles. The van der Waals surface area contributed by atoms with Crippen molar-refractivity contribution in [3.63, 3.8) is 0 Å². The summed E-state index contributed by atoms with van der Waals surface area (Å²) in [7, 11) is 2.78. The molecule has 4 aromatic rings. The lowest BCUT2D eigenvalue weighted by Crippen LogP contribution is -2.44. The summed E-state index contributed by atoms with van der Waals surface area (Å²) in [6, 6.07) is 12.1. The van der Waals surface area contributed by atoms with Crippen LogP contribution in [-0.4, -0.2) is 86.8 Å². The first-order valence-corrected chi connectivity index (χ1v) is 19.0. The van der Waals surface area contributed by atoms with Crippen molar-refractivity contribution in [2.45, 2.75) is 18.8 Å². The lowest BCUT2D eigenvalue weighted by atomic mass is 10.0. The first-order chi connectivity index (χ1) is 22.6. The number of anilines is 5. The van der Waals surface area contributed by atoms with E-state index in [1.54, 1.807) is 46.1 Å². The van der Waals surface area contributed by atoms with Crippen molar-refractivity contribution in [2.75, 3.05) is 76.2 Å². The van der Waals surface area contributed by atoms with E-state index in [2.05, 4.69) is 65.5 Å². The number of hydrogen-bond acceptors (Lipinski definition) is 11. The highest BCUT2D eigenvalue weighted by Gasteiger charge is 2.27. The number of methoxy groups -OCH3 is 1. The smallest absolute Gasteiger partial charge is 0.229 e. The zero-order valence-electron chi connectivity index (χ0n) is 27.4. The normalized spacial score (nSPS) is 16.2. The van der Waals surface area contributed by atoms with E-state index in [4.69, 9.17) is 20.4 Å². The SMILES string of the molecule is CN=CC(=CN)c1cc(Nc2ncc(Br)c(Nc3ccc4nc(C5CC5)ccc4c3P(C)(C)=O)n2)c(OC)cc1N1CCN(C)CC1. The van der Waals surface area contributed by atoms with Gasteiger partial charge in [-0.1, -0.05) is 6.07 Å². The molecule has 0 amide bonds. The Kier molecular flexibility index (Phi) is 9.55. The molecule has 47 heavy (non-hydrogen) atoms. The molecular weight excluding hydrogens is 677 g/mol. The van der Waals surface area contributed by atoms with E-state index in [1.807, 2.05) is 24.3 Å². The molecule has 2 aromatic carbocycles. The van der Waals surface area contributed by atoms with E-state index >= 15 is 0 Å². The molecule has 0 bridgehead atoms. The number of pyridine rings is 1. The molecule has 246 valence electrons. The summed E-state index contributed by atoms with van der Waals surface area (Å²) in [5.41, 5.74) is 12.2. The molecule has 0 unspecified atom stereocenters. The highest BCUT2D eigenvalue weighted by atomic mass is 79.9. The zero-order chi connectivity index (χ0) is 33.3. The minimum absolute atomic E-state index is 0.351. The average molecular weight is 719 g/mol. The third-order valence-electron chi connectivity index (χ3n) is 8.56. The molecule has 1 aliphatic carbocycles. The summed E-state index contributed by atoms with van der Waals surface area (Å²) in [4.78, 5) is 23.2. The summed E-state index contributed by atoms with van der Waals surface area (Å²) in [6.07, 6.45) is 7.36. The monoisotopic (exact) mass is 717 g/mol. The Morgan fingerprint density at radius 1 is 1.09 bits per heavy atom. The lowest BCUT2D eigenvalue weighted by Gasteiger charge is -2.35. The van der Waals surface area contributed by atoms with Crippen molar-refractivity contribution in [1.29, 1.82) is 0 Å². The van der Waals surface area contributed by atoms with E-state index in [9.17, 15) is 4.57 Å². The van der Waals surface area contributed by atoms with Gasteiger partial charge < -0.3 is 35.5 Å². The number of benzene rings is 2. The van der Waals surface area contributed by atoms with Gasteiger partial charge in [0.1, 0.15) is 18.7 Å². The van der Waals surface area contributed by atoms with Gasteiger partial charge in [-0.2, -0.15) is 4.98 Å². The molecule has 13 heteroatoms. The fourth-order valence-corrected chi connectivity index (χ4v) is 7.74. The van der Waals surface area contributed by atoms with Crippen LogP contribution in [0.5, 0.6) is 5.75 Å². The Hall–Kier alpha value is -3.99. The van der Waals surface area contributed by atoms with Gasteiger partial charge in [0.25, 0.3) is 0 Å². The van der Waals surface area contributed by atoms with Crippen molar-refractivity contribution >= 4 is 79.9 Å². The van der Waals surface area contributed by atoms with E-state index in [1.165, 1.54) is 12.8 Å². The highest BCUT2D eigenvalue weighted by molar-refractivity contribution is 9.10. The predicted octanol–water partition coefficient (Wildman–Crippen LogP) is 6.16. The van der Waals surface area contributed by atoms with Gasteiger partial charge in [-0.3, -0.25) is 9.98 Å². The summed E-state index contributed by atoms with van der Waals surface area (Å²) < 4.78 is 20.2. The molecule has 11 nitrogen and oxygen atoms in total. The number of nitrogens with zero attached hydrogens (tertiary/aromatic N) is 6. The Labute approximate surface area is 284 Å². The Bertz CT molecular complexity index is 1910. The number of ether oxygens (including phenoxy) is 1. The molecule has 0 atom stereocenters. The molecule has 1 saturated carbocycles. The number of aromatic nitrogens is 3. The van der Waals surface area contributed by atoms with Gasteiger partial charge in [-0.15, -0.1) is 0 Å². The maximum Gasteiger partial charge on any atom is 0.229 e. The number of fused-ring (bicyclic) bond motifs is 1. The van der Waals surface area contributed by atoms with Crippen molar-refractivity contribution in [2.24, 2.45) is 10.7 Å². The quantitative estimate of drug-likeness (QED) is 0.129. The largest absolute Gasteiger partial charge is 0.494 e. The molecule has 2 fully saturated rings. The van der Waals surface area contributed by atoms with Crippen LogP contribution >= 0.6 is 23.1 Å². The van der Waals surface area contributed by atoms with E-state index < -0.39 is 7.14 Å². The maximum atomic E-state index is 13.7.